The molecule has 0 N–H and O–H groups in total. The monoisotopic (exact) mass is 790 g/mol. The minimum atomic E-state index is -4.67. The van der Waals surface area contributed by atoms with Crippen molar-refractivity contribution in [2.24, 2.45) is 11.8 Å². The van der Waals surface area contributed by atoms with Crippen LogP contribution in [-0.2, 0) is 32.7 Å². The van der Waals surface area contributed by atoms with E-state index in [4.69, 9.17) is 18.5 Å². The number of hydrogen-bond acceptors (Lipinski definition) is 8. The van der Waals surface area contributed by atoms with E-state index < -0.39 is 20.5 Å². The number of phosphoric acid groups is 1. The summed E-state index contributed by atoms with van der Waals surface area (Å²) >= 11 is 0. The Labute approximate surface area is 334 Å². The van der Waals surface area contributed by atoms with Crippen molar-refractivity contribution >= 4 is 19.8 Å². The van der Waals surface area contributed by atoms with Gasteiger partial charge in [-0.3, -0.25) is 14.2 Å². The van der Waals surface area contributed by atoms with Gasteiger partial charge in [-0.25, -0.2) is 0 Å². The number of ether oxygens (including phenoxy) is 2. The number of hydrogen-bond donors (Lipinski definition) is 0. The van der Waals surface area contributed by atoms with Crippen molar-refractivity contribution in [3.05, 3.63) is 0 Å². The lowest BCUT2D eigenvalue weighted by molar-refractivity contribution is -0.870. The topological polar surface area (TPSA) is 111 Å². The molecule has 0 spiro atoms. The molecule has 0 aromatic carbocycles. The van der Waals surface area contributed by atoms with Gasteiger partial charge in [0.1, 0.15) is 19.8 Å². The van der Waals surface area contributed by atoms with Crippen LogP contribution >= 0.6 is 7.82 Å². The summed E-state index contributed by atoms with van der Waals surface area (Å²) in [7, 11) is 1.17. The summed E-state index contributed by atoms with van der Waals surface area (Å²) in [4.78, 5) is 40.1. The van der Waals surface area contributed by atoms with Gasteiger partial charge in [0.15, 0.2) is 6.10 Å². The Balaban J connectivity index is 5.74. The van der Waals surface area contributed by atoms with Crippen LogP contribution in [0.2, 0.25) is 0 Å². The molecule has 0 amide bonds. The first-order valence-electron chi connectivity index (χ1n) is 22.7. The molecule has 0 fully saturated rings. The predicted octanol–water partition coefficient (Wildman–Crippen LogP) is 11.9. The van der Waals surface area contributed by atoms with Gasteiger partial charge in [0.2, 0.25) is 0 Å². The summed E-state index contributed by atoms with van der Waals surface area (Å²) in [6.07, 6.45) is 29.4. The Bertz CT molecular complexity index is 895. The van der Waals surface area contributed by atoms with E-state index in [1.165, 1.54) is 89.9 Å². The standard InChI is InChI=1S/C44H88NO8P/c1-8-12-16-20-24-28-32-40(33-29-25-21-17-13-9-2)43(46)50-38-42(39-52-54(48,49)51-37-36-45(5,6)7)53-44(47)41(34-30-26-22-18-14-10-3)35-31-27-23-19-15-11-4/h40-42H,8-39H2,1-7H3/t42-/m1/s1. The molecule has 0 rings (SSSR count). The van der Waals surface area contributed by atoms with E-state index in [1.807, 2.05) is 21.1 Å². The maximum absolute atomic E-state index is 13.8. The van der Waals surface area contributed by atoms with Crippen molar-refractivity contribution < 1.29 is 42.1 Å². The average molecular weight is 790 g/mol. The number of phosphoric ester groups is 1. The lowest BCUT2D eigenvalue weighted by Gasteiger charge is -2.29. The average Bonchev–Trinajstić information content (AvgIpc) is 3.12. The normalized spacial score (nSPS) is 13.7. The zero-order valence-corrected chi connectivity index (χ0v) is 37.4. The first kappa shape index (κ1) is 53.0. The maximum atomic E-state index is 13.8. The Morgan fingerprint density at radius 1 is 0.519 bits per heavy atom. The summed E-state index contributed by atoms with van der Waals surface area (Å²) < 4.78 is 35.6. The molecule has 0 saturated carbocycles. The van der Waals surface area contributed by atoms with Gasteiger partial charge >= 0.3 is 11.9 Å². The number of esters is 2. The highest BCUT2D eigenvalue weighted by atomic mass is 31.2. The van der Waals surface area contributed by atoms with Crippen molar-refractivity contribution in [2.75, 3.05) is 47.5 Å². The van der Waals surface area contributed by atoms with Crippen LogP contribution in [0.1, 0.15) is 207 Å². The highest BCUT2D eigenvalue weighted by Crippen LogP contribution is 2.38. The van der Waals surface area contributed by atoms with Crippen molar-refractivity contribution in [3.63, 3.8) is 0 Å². The van der Waals surface area contributed by atoms with Crippen LogP contribution in [0.5, 0.6) is 0 Å². The van der Waals surface area contributed by atoms with Crippen molar-refractivity contribution in [2.45, 2.75) is 214 Å². The van der Waals surface area contributed by atoms with E-state index in [0.29, 0.717) is 11.0 Å². The molecule has 54 heavy (non-hydrogen) atoms. The number of quaternary nitrogens is 1. The summed E-state index contributed by atoms with van der Waals surface area (Å²) in [5.74, 6) is -1.16. The molecular formula is C44H88NO8P. The van der Waals surface area contributed by atoms with Crippen molar-refractivity contribution in [1.82, 2.24) is 0 Å². The molecule has 0 aliphatic rings. The lowest BCUT2D eigenvalue weighted by Crippen LogP contribution is -2.38. The Morgan fingerprint density at radius 3 is 1.24 bits per heavy atom. The molecule has 0 heterocycles. The van der Waals surface area contributed by atoms with Gasteiger partial charge in [-0.15, -0.1) is 0 Å². The van der Waals surface area contributed by atoms with Gasteiger partial charge in [-0.2, -0.15) is 0 Å². The minimum Gasteiger partial charge on any atom is -0.756 e. The highest BCUT2D eigenvalue weighted by Gasteiger charge is 2.28. The lowest BCUT2D eigenvalue weighted by atomic mass is 9.94. The third-order valence-electron chi connectivity index (χ3n) is 10.4. The Kier molecular flexibility index (Phi) is 34.5. The number of carbonyl (C=O) groups excluding carboxylic acids is 2. The van der Waals surface area contributed by atoms with Crippen LogP contribution in [0.15, 0.2) is 0 Å². The SMILES string of the molecule is CCCCCCCCC(CCCCCCCC)C(=O)OC[C@H](COP(=O)([O-])OCC[N+](C)(C)C)OC(=O)C(CCCCCCCC)CCCCCCCC. The van der Waals surface area contributed by atoms with E-state index >= 15 is 0 Å². The van der Waals surface area contributed by atoms with Crippen LogP contribution < -0.4 is 4.89 Å². The second kappa shape index (κ2) is 35.2. The van der Waals surface area contributed by atoms with Crippen molar-refractivity contribution in [1.29, 1.82) is 0 Å². The van der Waals surface area contributed by atoms with Crippen molar-refractivity contribution in [3.8, 4) is 0 Å². The molecule has 0 radical (unpaired) electrons. The smallest absolute Gasteiger partial charge is 0.309 e. The van der Waals surface area contributed by atoms with E-state index in [0.717, 1.165) is 89.9 Å². The molecule has 2 atom stereocenters. The molecule has 10 heteroatoms. The first-order valence-corrected chi connectivity index (χ1v) is 24.1. The Hall–Kier alpha value is -0.990. The van der Waals surface area contributed by atoms with Crippen LogP contribution in [0.25, 0.3) is 0 Å². The molecular weight excluding hydrogens is 701 g/mol. The van der Waals surface area contributed by atoms with E-state index in [-0.39, 0.29) is 37.0 Å². The fourth-order valence-electron chi connectivity index (χ4n) is 6.75. The van der Waals surface area contributed by atoms with Gasteiger partial charge in [-0.1, -0.05) is 182 Å². The molecule has 1 unspecified atom stereocenters. The zero-order chi connectivity index (χ0) is 40.3. The van der Waals surface area contributed by atoms with Gasteiger partial charge in [0.25, 0.3) is 7.82 Å². The quantitative estimate of drug-likeness (QED) is 0.0261. The third kappa shape index (κ3) is 33.2. The van der Waals surface area contributed by atoms with Gasteiger partial charge < -0.3 is 27.9 Å². The number of rotatable bonds is 40. The van der Waals surface area contributed by atoms with E-state index in [9.17, 15) is 19.0 Å². The fourth-order valence-corrected chi connectivity index (χ4v) is 7.48. The molecule has 9 nitrogen and oxygen atoms in total. The molecule has 0 aliphatic carbocycles. The minimum absolute atomic E-state index is 0.0269. The number of carbonyl (C=O) groups is 2. The summed E-state index contributed by atoms with van der Waals surface area (Å²) in [6.45, 7) is 8.59. The largest absolute Gasteiger partial charge is 0.756 e. The summed E-state index contributed by atoms with van der Waals surface area (Å²) in [5.41, 5.74) is 0. The van der Waals surface area contributed by atoms with E-state index in [1.54, 1.807) is 0 Å². The van der Waals surface area contributed by atoms with Gasteiger partial charge in [0, 0.05) is 0 Å². The van der Waals surface area contributed by atoms with Crippen LogP contribution in [0, 0.1) is 11.8 Å². The molecule has 0 bridgehead atoms. The molecule has 0 saturated heterocycles. The second-order valence-electron chi connectivity index (χ2n) is 16.9. The number of likely N-dealkylation sites (N-methyl/N-ethyl adjacent to an activating group) is 1. The molecule has 0 aromatic heterocycles. The van der Waals surface area contributed by atoms with Crippen LogP contribution in [0.3, 0.4) is 0 Å². The van der Waals surface area contributed by atoms with Gasteiger partial charge in [-0.05, 0) is 25.7 Å². The number of nitrogens with zero attached hydrogens (tertiary/aromatic N) is 1. The molecule has 322 valence electrons. The highest BCUT2D eigenvalue weighted by molar-refractivity contribution is 7.45. The Morgan fingerprint density at radius 2 is 0.870 bits per heavy atom. The fraction of sp³-hybridized carbons (Fsp3) is 0.955. The number of unbranched alkanes of at least 4 members (excludes halogenated alkanes) is 20. The second-order valence-corrected chi connectivity index (χ2v) is 18.3. The maximum Gasteiger partial charge on any atom is 0.309 e. The summed E-state index contributed by atoms with van der Waals surface area (Å²) in [5, 5.41) is 0. The van der Waals surface area contributed by atoms with Gasteiger partial charge in [0.05, 0.1) is 39.6 Å². The summed E-state index contributed by atoms with van der Waals surface area (Å²) in [6, 6.07) is 0. The molecule has 0 aliphatic heterocycles. The first-order chi connectivity index (χ1) is 25.9. The third-order valence-corrected chi connectivity index (χ3v) is 11.4. The van der Waals surface area contributed by atoms with E-state index in [2.05, 4.69) is 27.7 Å². The van der Waals surface area contributed by atoms with Crippen LogP contribution in [-0.4, -0.2) is 70.0 Å². The van der Waals surface area contributed by atoms with Crippen LogP contribution in [0.4, 0.5) is 0 Å². The zero-order valence-electron chi connectivity index (χ0n) is 36.5. The predicted molar refractivity (Wildman–Crippen MR) is 222 cm³/mol. The molecule has 0 aromatic rings.